The Morgan fingerprint density at radius 3 is 2.73 bits per heavy atom. The average Bonchev–Trinajstić information content (AvgIpc) is 2.48. The molecular formula is C14H16N2O5S. The van der Waals surface area contributed by atoms with E-state index in [-0.39, 0.29) is 12.5 Å². The first kappa shape index (κ1) is 16.0. The van der Waals surface area contributed by atoms with Crippen LogP contribution in [0.5, 0.6) is 11.5 Å². The molecule has 1 aliphatic heterocycles. The monoisotopic (exact) mass is 324 g/mol. The first-order valence-electron chi connectivity index (χ1n) is 6.37. The third-order valence-corrected chi connectivity index (χ3v) is 3.54. The Labute approximate surface area is 132 Å². The number of carbonyl (C=O) groups excluding carboxylic acids is 1. The Morgan fingerprint density at radius 1 is 1.41 bits per heavy atom. The molecule has 0 saturated carbocycles. The SMILES string of the molecule is COc1ccc(C2=CC(=O)NC(S)N2CC(=O)O)c(OC)c1. The van der Waals surface area contributed by atoms with E-state index in [1.807, 2.05) is 0 Å². The van der Waals surface area contributed by atoms with Gasteiger partial charge in [0.25, 0.3) is 0 Å². The molecule has 0 bridgehead atoms. The van der Waals surface area contributed by atoms with E-state index in [1.165, 1.54) is 25.2 Å². The van der Waals surface area contributed by atoms with Gasteiger partial charge in [0.2, 0.25) is 5.91 Å². The van der Waals surface area contributed by atoms with Gasteiger partial charge in [0.1, 0.15) is 23.5 Å². The van der Waals surface area contributed by atoms with Crippen LogP contribution < -0.4 is 14.8 Å². The van der Waals surface area contributed by atoms with Gasteiger partial charge in [0.05, 0.1) is 19.9 Å². The van der Waals surface area contributed by atoms with Crippen molar-refractivity contribution in [3.05, 3.63) is 29.8 Å². The molecule has 22 heavy (non-hydrogen) atoms. The highest BCUT2D eigenvalue weighted by Gasteiger charge is 2.29. The second-order valence-electron chi connectivity index (χ2n) is 4.50. The minimum absolute atomic E-state index is 0.310. The smallest absolute Gasteiger partial charge is 0.323 e. The predicted molar refractivity (Wildman–Crippen MR) is 82.8 cm³/mol. The normalized spacial score (nSPS) is 17.6. The van der Waals surface area contributed by atoms with E-state index in [4.69, 9.17) is 14.6 Å². The van der Waals surface area contributed by atoms with E-state index in [9.17, 15) is 9.59 Å². The number of aliphatic carboxylic acids is 1. The molecule has 1 aromatic carbocycles. The number of carbonyl (C=O) groups is 2. The number of hydrogen-bond acceptors (Lipinski definition) is 6. The lowest BCUT2D eigenvalue weighted by molar-refractivity contribution is -0.138. The summed E-state index contributed by atoms with van der Waals surface area (Å²) in [6, 6.07) is 5.07. The molecule has 0 aliphatic carbocycles. The van der Waals surface area contributed by atoms with Crippen molar-refractivity contribution in [3.8, 4) is 11.5 Å². The molecule has 2 rings (SSSR count). The predicted octanol–water partition coefficient (Wildman–Crippen LogP) is 0.774. The standard InChI is InChI=1S/C14H16N2O5S/c1-20-8-3-4-9(11(5-8)21-2)10-6-12(17)15-14(22)16(10)7-13(18)19/h3-6,14,22H,7H2,1-2H3,(H,15,17)(H,18,19). The zero-order valence-corrected chi connectivity index (χ0v) is 13.0. The van der Waals surface area contributed by atoms with Crippen LogP contribution in [0, 0.1) is 0 Å². The number of nitrogens with zero attached hydrogens (tertiary/aromatic N) is 1. The second-order valence-corrected chi connectivity index (χ2v) is 4.99. The molecule has 0 saturated heterocycles. The summed E-state index contributed by atoms with van der Waals surface area (Å²) in [6.45, 7) is -0.310. The molecule has 0 aromatic heterocycles. The fraction of sp³-hybridized carbons (Fsp3) is 0.286. The average molecular weight is 324 g/mol. The van der Waals surface area contributed by atoms with Gasteiger partial charge < -0.3 is 24.8 Å². The van der Waals surface area contributed by atoms with Crippen LogP contribution in [0.4, 0.5) is 0 Å². The zero-order valence-electron chi connectivity index (χ0n) is 12.1. The van der Waals surface area contributed by atoms with E-state index in [0.29, 0.717) is 22.8 Å². The van der Waals surface area contributed by atoms with Gasteiger partial charge in [-0.1, -0.05) is 0 Å². The summed E-state index contributed by atoms with van der Waals surface area (Å²) in [5.74, 6) is -0.326. The molecule has 118 valence electrons. The summed E-state index contributed by atoms with van der Waals surface area (Å²) in [4.78, 5) is 24.3. The fourth-order valence-corrected chi connectivity index (χ4v) is 2.48. The van der Waals surface area contributed by atoms with Crippen molar-refractivity contribution < 1.29 is 24.2 Å². The van der Waals surface area contributed by atoms with Crippen LogP contribution in [-0.2, 0) is 9.59 Å². The number of carboxylic acid groups (broad SMARTS) is 1. The molecule has 2 N–H and O–H groups in total. The maximum Gasteiger partial charge on any atom is 0.323 e. The van der Waals surface area contributed by atoms with Gasteiger partial charge in [0.15, 0.2) is 0 Å². The molecule has 1 unspecified atom stereocenters. The molecule has 1 aromatic rings. The van der Waals surface area contributed by atoms with Crippen molar-refractivity contribution >= 4 is 30.2 Å². The van der Waals surface area contributed by atoms with Gasteiger partial charge in [-0.05, 0) is 12.1 Å². The second kappa shape index (κ2) is 6.61. The number of thiol groups is 1. The van der Waals surface area contributed by atoms with Crippen LogP contribution in [0.1, 0.15) is 5.56 Å². The van der Waals surface area contributed by atoms with Gasteiger partial charge in [-0.15, -0.1) is 12.6 Å². The number of benzene rings is 1. The highest BCUT2D eigenvalue weighted by molar-refractivity contribution is 7.80. The lowest BCUT2D eigenvalue weighted by Crippen LogP contribution is -2.49. The molecular weight excluding hydrogens is 308 g/mol. The topological polar surface area (TPSA) is 88.1 Å². The Morgan fingerprint density at radius 2 is 2.14 bits per heavy atom. The van der Waals surface area contributed by atoms with E-state index in [2.05, 4.69) is 17.9 Å². The molecule has 8 heteroatoms. The lowest BCUT2D eigenvalue weighted by atomic mass is 10.1. The van der Waals surface area contributed by atoms with Crippen LogP contribution in [0.15, 0.2) is 24.3 Å². The van der Waals surface area contributed by atoms with Gasteiger partial charge in [-0.3, -0.25) is 9.59 Å². The third-order valence-electron chi connectivity index (χ3n) is 3.13. The molecule has 7 nitrogen and oxygen atoms in total. The summed E-state index contributed by atoms with van der Waals surface area (Å²) >= 11 is 4.23. The molecule has 0 spiro atoms. The van der Waals surface area contributed by atoms with Gasteiger partial charge >= 0.3 is 5.97 Å². The molecule has 0 radical (unpaired) electrons. The minimum atomic E-state index is -1.03. The number of hydrogen-bond donors (Lipinski definition) is 3. The van der Waals surface area contributed by atoms with Crippen LogP contribution in [0.2, 0.25) is 0 Å². The summed E-state index contributed by atoms with van der Waals surface area (Å²) in [6.07, 6.45) is 1.32. The van der Waals surface area contributed by atoms with Crippen molar-refractivity contribution in [2.24, 2.45) is 0 Å². The maximum absolute atomic E-state index is 11.7. The largest absolute Gasteiger partial charge is 0.497 e. The van der Waals surface area contributed by atoms with E-state index >= 15 is 0 Å². The number of carboxylic acids is 1. The molecule has 0 fully saturated rings. The Kier molecular flexibility index (Phi) is 4.81. The lowest BCUT2D eigenvalue weighted by Gasteiger charge is -2.35. The van der Waals surface area contributed by atoms with Crippen LogP contribution >= 0.6 is 12.6 Å². The van der Waals surface area contributed by atoms with E-state index in [1.54, 1.807) is 18.2 Å². The summed E-state index contributed by atoms with van der Waals surface area (Å²) in [5, 5.41) is 11.6. The summed E-state index contributed by atoms with van der Waals surface area (Å²) in [5.41, 5.74) is 0.263. The number of nitrogens with one attached hydrogen (secondary N) is 1. The van der Waals surface area contributed by atoms with Gasteiger partial charge in [-0.25, -0.2) is 0 Å². The van der Waals surface area contributed by atoms with Crippen molar-refractivity contribution in [2.75, 3.05) is 20.8 Å². The quantitative estimate of drug-likeness (QED) is 0.694. The molecule has 1 amide bonds. The number of methoxy groups -OCH3 is 2. The Balaban J connectivity index is 2.50. The van der Waals surface area contributed by atoms with E-state index in [0.717, 1.165) is 0 Å². The van der Waals surface area contributed by atoms with Crippen molar-refractivity contribution in [1.29, 1.82) is 0 Å². The maximum atomic E-state index is 11.7. The first-order valence-corrected chi connectivity index (χ1v) is 6.89. The van der Waals surface area contributed by atoms with Crippen LogP contribution in [0.25, 0.3) is 5.70 Å². The molecule has 1 heterocycles. The van der Waals surface area contributed by atoms with E-state index < -0.39 is 11.5 Å². The highest BCUT2D eigenvalue weighted by Crippen LogP contribution is 2.34. The number of ether oxygens (including phenoxy) is 2. The molecule has 1 atom stereocenters. The number of amides is 1. The van der Waals surface area contributed by atoms with Gasteiger partial charge in [0, 0.05) is 17.7 Å². The third kappa shape index (κ3) is 3.28. The van der Waals surface area contributed by atoms with Crippen molar-refractivity contribution in [2.45, 2.75) is 5.50 Å². The Bertz CT molecular complexity index is 632. The summed E-state index contributed by atoms with van der Waals surface area (Å²) < 4.78 is 10.4. The summed E-state index contributed by atoms with van der Waals surface area (Å²) in [7, 11) is 3.02. The minimum Gasteiger partial charge on any atom is -0.497 e. The van der Waals surface area contributed by atoms with Gasteiger partial charge in [-0.2, -0.15) is 0 Å². The van der Waals surface area contributed by atoms with Crippen LogP contribution in [0.3, 0.4) is 0 Å². The van der Waals surface area contributed by atoms with Crippen LogP contribution in [-0.4, -0.2) is 48.1 Å². The first-order chi connectivity index (χ1) is 10.5. The Hall–Kier alpha value is -2.35. The van der Waals surface area contributed by atoms with Crippen molar-refractivity contribution in [1.82, 2.24) is 10.2 Å². The zero-order chi connectivity index (χ0) is 16.3. The fourth-order valence-electron chi connectivity index (χ4n) is 2.15. The molecule has 1 aliphatic rings. The van der Waals surface area contributed by atoms with Crippen molar-refractivity contribution in [3.63, 3.8) is 0 Å². The number of rotatable bonds is 5. The highest BCUT2D eigenvalue weighted by atomic mass is 32.1.